The lowest BCUT2D eigenvalue weighted by Crippen LogP contribution is -2.15. The fourth-order valence-electron chi connectivity index (χ4n) is 3.33. The third-order valence-electron chi connectivity index (χ3n) is 4.57. The summed E-state index contributed by atoms with van der Waals surface area (Å²) in [5.74, 6) is -0.746. The van der Waals surface area contributed by atoms with Crippen LogP contribution in [0.5, 0.6) is 0 Å². The number of nitrogens with zero attached hydrogens (tertiary/aromatic N) is 3. The number of primary amides is 1. The number of allylic oxidation sites excluding steroid dienone is 4. The number of rotatable bonds is 6. The van der Waals surface area contributed by atoms with Crippen molar-refractivity contribution < 1.29 is 9.18 Å². The number of hydrogen-bond donors (Lipinski definition) is 2. The van der Waals surface area contributed by atoms with Gasteiger partial charge in [0, 0.05) is 23.0 Å². The van der Waals surface area contributed by atoms with Crippen molar-refractivity contribution in [2.45, 2.75) is 26.7 Å². The Kier molecular flexibility index (Phi) is 5.53. The molecule has 3 rings (SSSR count). The number of anilines is 2. The van der Waals surface area contributed by atoms with Crippen LogP contribution in [-0.4, -0.2) is 20.9 Å². The molecule has 150 valence electrons. The van der Waals surface area contributed by atoms with Crippen LogP contribution < -0.4 is 11.1 Å². The molecule has 6 nitrogen and oxygen atoms in total. The molecule has 0 saturated carbocycles. The van der Waals surface area contributed by atoms with Crippen LogP contribution in [0.25, 0.3) is 5.57 Å². The zero-order valence-corrected chi connectivity index (χ0v) is 17.0. The summed E-state index contributed by atoms with van der Waals surface area (Å²) in [6.45, 7) is 11.2. The number of aromatic nitrogens is 3. The van der Waals surface area contributed by atoms with Crippen molar-refractivity contribution >= 4 is 34.6 Å². The molecule has 0 unspecified atom stereocenters. The van der Waals surface area contributed by atoms with Gasteiger partial charge >= 0.3 is 0 Å². The Bertz CT molecular complexity index is 1060. The standard InChI is InChI=1S/C21H21ClFN5O/c1-11(22)7-13(12(2)23)19-27-17-9-21(3,4)8-14(17)20(28-19)26-16-5-6-25-10-15(16)18(24)29/h5-7,10H,1-2,8-9H2,3-4H3,(H2,24,29)(H,25,26,27,28)/b13-7+. The van der Waals surface area contributed by atoms with Gasteiger partial charge in [-0.25, -0.2) is 14.4 Å². The second kappa shape index (κ2) is 7.75. The first-order valence-corrected chi connectivity index (χ1v) is 9.27. The first kappa shape index (κ1) is 20.7. The van der Waals surface area contributed by atoms with E-state index >= 15 is 0 Å². The number of nitrogens with two attached hydrogens (primary N) is 1. The van der Waals surface area contributed by atoms with Crippen LogP contribution >= 0.6 is 11.6 Å². The molecule has 0 atom stereocenters. The monoisotopic (exact) mass is 413 g/mol. The molecule has 0 fully saturated rings. The summed E-state index contributed by atoms with van der Waals surface area (Å²) in [5, 5.41) is 3.28. The van der Waals surface area contributed by atoms with E-state index in [2.05, 4.69) is 47.3 Å². The highest BCUT2D eigenvalue weighted by Gasteiger charge is 2.33. The van der Waals surface area contributed by atoms with E-state index in [-0.39, 0.29) is 27.4 Å². The Hall–Kier alpha value is -3.06. The van der Waals surface area contributed by atoms with Gasteiger partial charge in [0.1, 0.15) is 11.6 Å². The van der Waals surface area contributed by atoms with Crippen molar-refractivity contribution in [1.82, 2.24) is 15.0 Å². The number of carbonyl (C=O) groups is 1. The molecule has 2 aromatic rings. The maximum atomic E-state index is 14.1. The van der Waals surface area contributed by atoms with Gasteiger partial charge in [0.15, 0.2) is 5.82 Å². The van der Waals surface area contributed by atoms with Crippen molar-refractivity contribution in [3.63, 3.8) is 0 Å². The van der Waals surface area contributed by atoms with Crippen molar-refractivity contribution in [2.75, 3.05) is 5.32 Å². The van der Waals surface area contributed by atoms with Crippen LogP contribution in [0.15, 0.2) is 48.6 Å². The van der Waals surface area contributed by atoms with Gasteiger partial charge in [0.25, 0.3) is 5.91 Å². The molecule has 0 bridgehead atoms. The van der Waals surface area contributed by atoms with Gasteiger partial charge in [-0.05, 0) is 30.4 Å². The fraction of sp³-hybridized carbons (Fsp3) is 0.238. The molecule has 0 spiro atoms. The van der Waals surface area contributed by atoms with E-state index < -0.39 is 11.7 Å². The van der Waals surface area contributed by atoms with Crippen molar-refractivity contribution in [1.29, 1.82) is 0 Å². The van der Waals surface area contributed by atoms with E-state index in [4.69, 9.17) is 17.3 Å². The summed E-state index contributed by atoms with van der Waals surface area (Å²) in [4.78, 5) is 24.8. The molecular formula is C21H21ClFN5O. The SMILES string of the molecule is C=C(Cl)/C=C(\C(=C)F)c1nc2c(c(Nc3ccncc3C(N)=O)n1)CC(C)(C)C2. The number of pyridine rings is 1. The Morgan fingerprint density at radius 2 is 2.07 bits per heavy atom. The Labute approximate surface area is 173 Å². The molecule has 2 aromatic heterocycles. The van der Waals surface area contributed by atoms with E-state index in [1.54, 1.807) is 6.07 Å². The first-order chi connectivity index (χ1) is 13.6. The number of fused-ring (bicyclic) bond motifs is 1. The van der Waals surface area contributed by atoms with Gasteiger partial charge in [0.2, 0.25) is 0 Å². The molecule has 2 heterocycles. The summed E-state index contributed by atoms with van der Waals surface area (Å²) in [7, 11) is 0. The van der Waals surface area contributed by atoms with E-state index in [0.717, 1.165) is 17.7 Å². The highest BCUT2D eigenvalue weighted by molar-refractivity contribution is 6.31. The molecule has 1 aliphatic carbocycles. The molecule has 0 aliphatic heterocycles. The average molecular weight is 414 g/mol. The van der Waals surface area contributed by atoms with Gasteiger partial charge in [-0.1, -0.05) is 38.6 Å². The molecule has 0 aromatic carbocycles. The smallest absolute Gasteiger partial charge is 0.252 e. The number of hydrogen-bond acceptors (Lipinski definition) is 5. The van der Waals surface area contributed by atoms with Gasteiger partial charge in [-0.15, -0.1) is 0 Å². The Morgan fingerprint density at radius 1 is 1.34 bits per heavy atom. The summed E-state index contributed by atoms with van der Waals surface area (Å²) in [6.07, 6.45) is 5.66. The highest BCUT2D eigenvalue weighted by Crippen LogP contribution is 2.40. The molecular weight excluding hydrogens is 393 g/mol. The molecule has 0 radical (unpaired) electrons. The minimum absolute atomic E-state index is 0.0382. The summed E-state index contributed by atoms with van der Waals surface area (Å²) in [6, 6.07) is 1.62. The molecule has 3 N–H and O–H groups in total. The van der Waals surface area contributed by atoms with Crippen LogP contribution in [0.3, 0.4) is 0 Å². The highest BCUT2D eigenvalue weighted by atomic mass is 35.5. The van der Waals surface area contributed by atoms with Gasteiger partial charge in [0.05, 0.1) is 22.5 Å². The molecule has 1 aliphatic rings. The third kappa shape index (κ3) is 4.51. The lowest BCUT2D eigenvalue weighted by molar-refractivity contribution is 0.100. The van der Waals surface area contributed by atoms with Crippen LogP contribution in [0.2, 0.25) is 0 Å². The third-order valence-corrected chi connectivity index (χ3v) is 4.68. The first-order valence-electron chi connectivity index (χ1n) is 8.89. The zero-order valence-electron chi connectivity index (χ0n) is 16.2. The minimum atomic E-state index is -0.725. The Balaban J connectivity index is 2.17. The molecule has 8 heteroatoms. The second-order valence-corrected chi connectivity index (χ2v) is 8.14. The molecule has 1 amide bonds. The minimum Gasteiger partial charge on any atom is -0.365 e. The predicted octanol–water partition coefficient (Wildman–Crippen LogP) is 4.46. The van der Waals surface area contributed by atoms with Crippen LogP contribution in [-0.2, 0) is 12.8 Å². The Morgan fingerprint density at radius 3 is 2.69 bits per heavy atom. The summed E-state index contributed by atoms with van der Waals surface area (Å²) in [5.41, 5.74) is 7.83. The van der Waals surface area contributed by atoms with E-state index in [1.165, 1.54) is 18.5 Å². The second-order valence-electron chi connectivity index (χ2n) is 7.66. The maximum absolute atomic E-state index is 14.1. The summed E-state index contributed by atoms with van der Waals surface area (Å²) >= 11 is 5.85. The fourth-order valence-corrected chi connectivity index (χ4v) is 3.44. The van der Waals surface area contributed by atoms with Crippen LogP contribution in [0.4, 0.5) is 15.9 Å². The lowest BCUT2D eigenvalue weighted by atomic mass is 9.90. The topological polar surface area (TPSA) is 93.8 Å². The van der Waals surface area contributed by atoms with Gasteiger partial charge in [-0.2, -0.15) is 0 Å². The lowest BCUT2D eigenvalue weighted by Gasteiger charge is -2.16. The van der Waals surface area contributed by atoms with E-state index in [9.17, 15) is 9.18 Å². The van der Waals surface area contributed by atoms with E-state index in [1.807, 2.05) is 0 Å². The molecule has 29 heavy (non-hydrogen) atoms. The van der Waals surface area contributed by atoms with Crippen LogP contribution in [0.1, 0.15) is 41.3 Å². The average Bonchev–Trinajstić information content (AvgIpc) is 2.93. The normalized spacial score (nSPS) is 15.0. The number of carbonyl (C=O) groups excluding carboxylic acids is 1. The maximum Gasteiger partial charge on any atom is 0.252 e. The number of amides is 1. The van der Waals surface area contributed by atoms with E-state index in [0.29, 0.717) is 17.9 Å². The largest absolute Gasteiger partial charge is 0.365 e. The van der Waals surface area contributed by atoms with Crippen molar-refractivity contribution in [3.8, 4) is 0 Å². The van der Waals surface area contributed by atoms with Gasteiger partial charge in [-0.3, -0.25) is 9.78 Å². The van der Waals surface area contributed by atoms with Crippen molar-refractivity contribution in [2.24, 2.45) is 11.1 Å². The number of nitrogens with one attached hydrogen (secondary N) is 1. The molecule has 0 saturated heterocycles. The summed E-state index contributed by atoms with van der Waals surface area (Å²) < 4.78 is 14.1. The van der Waals surface area contributed by atoms with Crippen molar-refractivity contribution in [3.05, 3.63) is 71.2 Å². The predicted molar refractivity (Wildman–Crippen MR) is 112 cm³/mol. The van der Waals surface area contributed by atoms with Crippen LogP contribution in [0, 0.1) is 5.41 Å². The van der Waals surface area contributed by atoms with Gasteiger partial charge < -0.3 is 11.1 Å². The quantitative estimate of drug-likeness (QED) is 0.682. The zero-order chi connectivity index (χ0) is 21.3. The number of halogens is 2.